The Hall–Kier alpha value is -1.35. The lowest BCUT2D eigenvalue weighted by molar-refractivity contribution is -0.141. The van der Waals surface area contributed by atoms with Gasteiger partial charge in [0.25, 0.3) is 0 Å². The number of hydrogen-bond donors (Lipinski definition) is 1. The summed E-state index contributed by atoms with van der Waals surface area (Å²) in [5.41, 5.74) is 3.88. The maximum absolute atomic E-state index is 10.9. The van der Waals surface area contributed by atoms with E-state index in [1.54, 1.807) is 0 Å². The smallest absolute Gasteiger partial charge is 0.307 e. The zero-order chi connectivity index (χ0) is 12.4. The lowest BCUT2D eigenvalue weighted by Crippen LogP contribution is -2.23. The second kappa shape index (κ2) is 4.88. The molecule has 1 aromatic rings. The van der Waals surface area contributed by atoms with E-state index in [-0.39, 0.29) is 5.92 Å². The summed E-state index contributed by atoms with van der Waals surface area (Å²) in [6.45, 7) is 6.66. The highest BCUT2D eigenvalue weighted by Crippen LogP contribution is 2.20. The zero-order valence-electron chi connectivity index (χ0n) is 10.4. The number of carboxylic acid groups (broad SMARTS) is 1. The van der Waals surface area contributed by atoms with E-state index in [2.05, 4.69) is 36.9 Å². The van der Waals surface area contributed by atoms with Gasteiger partial charge in [-0.3, -0.25) is 9.69 Å². The predicted molar refractivity (Wildman–Crippen MR) is 66.9 cm³/mol. The van der Waals surface area contributed by atoms with Gasteiger partial charge in [-0.05, 0) is 37.9 Å². The van der Waals surface area contributed by atoms with Crippen molar-refractivity contribution in [2.24, 2.45) is 5.92 Å². The van der Waals surface area contributed by atoms with Gasteiger partial charge in [0.1, 0.15) is 0 Å². The average molecular weight is 233 g/mol. The van der Waals surface area contributed by atoms with E-state index in [0.717, 1.165) is 19.5 Å². The van der Waals surface area contributed by atoms with Crippen molar-refractivity contribution < 1.29 is 9.90 Å². The Labute approximate surface area is 102 Å². The molecule has 0 aromatic heterocycles. The normalized spacial score (nSPS) is 20.7. The van der Waals surface area contributed by atoms with Gasteiger partial charge in [0.2, 0.25) is 0 Å². The van der Waals surface area contributed by atoms with Gasteiger partial charge >= 0.3 is 5.97 Å². The van der Waals surface area contributed by atoms with Crippen molar-refractivity contribution in [3.05, 3.63) is 34.9 Å². The minimum absolute atomic E-state index is 0.180. The van der Waals surface area contributed by atoms with Crippen molar-refractivity contribution in [3.63, 3.8) is 0 Å². The first-order valence-electron chi connectivity index (χ1n) is 6.07. The Morgan fingerprint density at radius 2 is 2.24 bits per heavy atom. The molecular weight excluding hydrogens is 214 g/mol. The predicted octanol–water partition coefficient (Wildman–Crippen LogP) is 2.21. The van der Waals surface area contributed by atoms with Gasteiger partial charge < -0.3 is 5.11 Å². The highest BCUT2D eigenvalue weighted by atomic mass is 16.4. The maximum Gasteiger partial charge on any atom is 0.307 e. The molecule has 1 aliphatic rings. The van der Waals surface area contributed by atoms with Crippen molar-refractivity contribution in [2.75, 3.05) is 13.1 Å². The van der Waals surface area contributed by atoms with Crippen LogP contribution in [-0.2, 0) is 11.3 Å². The van der Waals surface area contributed by atoms with E-state index >= 15 is 0 Å². The van der Waals surface area contributed by atoms with E-state index in [1.807, 2.05) is 0 Å². The van der Waals surface area contributed by atoms with Crippen LogP contribution in [0.4, 0.5) is 0 Å². The Bertz CT molecular complexity index is 428. The molecule has 1 unspecified atom stereocenters. The Kier molecular flexibility index (Phi) is 3.48. The largest absolute Gasteiger partial charge is 0.481 e. The first kappa shape index (κ1) is 12.1. The molecule has 0 amide bonds. The fraction of sp³-hybridized carbons (Fsp3) is 0.500. The summed E-state index contributed by atoms with van der Waals surface area (Å²) in [6.07, 6.45) is 0.778. The third-order valence-corrected chi connectivity index (χ3v) is 3.51. The molecule has 1 aliphatic heterocycles. The van der Waals surface area contributed by atoms with Crippen LogP contribution in [0.5, 0.6) is 0 Å². The van der Waals surface area contributed by atoms with Gasteiger partial charge in [0, 0.05) is 13.1 Å². The minimum atomic E-state index is -0.659. The van der Waals surface area contributed by atoms with Gasteiger partial charge in [-0.2, -0.15) is 0 Å². The van der Waals surface area contributed by atoms with Crippen LogP contribution in [0.2, 0.25) is 0 Å². The molecule has 1 atom stereocenters. The Morgan fingerprint density at radius 1 is 1.47 bits per heavy atom. The highest BCUT2D eigenvalue weighted by Gasteiger charge is 2.27. The second-order valence-electron chi connectivity index (χ2n) is 4.99. The maximum atomic E-state index is 10.9. The van der Waals surface area contributed by atoms with Gasteiger partial charge in [0.15, 0.2) is 0 Å². The molecular formula is C14H19NO2. The lowest BCUT2D eigenvalue weighted by atomic mass is 10.1. The first-order valence-corrected chi connectivity index (χ1v) is 6.07. The summed E-state index contributed by atoms with van der Waals surface area (Å²) >= 11 is 0. The Morgan fingerprint density at radius 3 is 2.82 bits per heavy atom. The summed E-state index contributed by atoms with van der Waals surface area (Å²) in [5, 5.41) is 8.96. The van der Waals surface area contributed by atoms with Crippen molar-refractivity contribution in [1.29, 1.82) is 0 Å². The van der Waals surface area contributed by atoms with E-state index in [4.69, 9.17) is 5.11 Å². The topological polar surface area (TPSA) is 40.5 Å². The SMILES string of the molecule is Cc1ccc(CN2CCC(C(=O)O)C2)c(C)c1. The fourth-order valence-electron chi connectivity index (χ4n) is 2.44. The van der Waals surface area contributed by atoms with Crippen LogP contribution in [-0.4, -0.2) is 29.1 Å². The molecule has 1 saturated heterocycles. The number of likely N-dealkylation sites (tertiary alicyclic amines) is 1. The number of benzene rings is 1. The lowest BCUT2D eigenvalue weighted by Gasteiger charge is -2.17. The molecule has 0 bridgehead atoms. The third-order valence-electron chi connectivity index (χ3n) is 3.51. The molecule has 1 heterocycles. The van der Waals surface area contributed by atoms with E-state index in [1.165, 1.54) is 16.7 Å². The molecule has 0 aliphatic carbocycles. The first-order chi connectivity index (χ1) is 8.06. The number of aliphatic carboxylic acids is 1. The van der Waals surface area contributed by atoms with Crippen molar-refractivity contribution >= 4 is 5.97 Å². The molecule has 3 heteroatoms. The standard InChI is InChI=1S/C14H19NO2/c1-10-3-4-12(11(2)7-10)8-15-6-5-13(9-15)14(16)17/h3-4,7,13H,5-6,8-9H2,1-2H3,(H,16,17). The van der Waals surface area contributed by atoms with Gasteiger partial charge in [0.05, 0.1) is 5.92 Å². The molecule has 1 fully saturated rings. The minimum Gasteiger partial charge on any atom is -0.481 e. The number of carbonyl (C=O) groups is 1. The Balaban J connectivity index is 2.00. The molecule has 0 radical (unpaired) electrons. The fourth-order valence-corrected chi connectivity index (χ4v) is 2.44. The number of aryl methyl sites for hydroxylation is 2. The molecule has 2 rings (SSSR count). The molecule has 1 N–H and O–H groups in total. The van der Waals surface area contributed by atoms with E-state index < -0.39 is 5.97 Å². The quantitative estimate of drug-likeness (QED) is 0.870. The summed E-state index contributed by atoms with van der Waals surface area (Å²) in [5.74, 6) is -0.839. The molecule has 0 saturated carbocycles. The number of hydrogen-bond acceptors (Lipinski definition) is 2. The summed E-state index contributed by atoms with van der Waals surface area (Å²) < 4.78 is 0. The molecule has 1 aromatic carbocycles. The van der Waals surface area contributed by atoms with Gasteiger partial charge in [-0.25, -0.2) is 0 Å². The summed E-state index contributed by atoms with van der Waals surface area (Å²) in [4.78, 5) is 13.1. The molecule has 3 nitrogen and oxygen atoms in total. The number of nitrogens with zero attached hydrogens (tertiary/aromatic N) is 1. The summed E-state index contributed by atoms with van der Waals surface area (Å²) in [7, 11) is 0. The number of carboxylic acids is 1. The van der Waals surface area contributed by atoms with Gasteiger partial charge in [-0.1, -0.05) is 23.8 Å². The van der Waals surface area contributed by atoms with Crippen molar-refractivity contribution in [1.82, 2.24) is 4.90 Å². The molecule has 0 spiro atoms. The molecule has 92 valence electrons. The van der Waals surface area contributed by atoms with E-state index in [9.17, 15) is 4.79 Å². The van der Waals surface area contributed by atoms with Crippen LogP contribution in [0.1, 0.15) is 23.1 Å². The van der Waals surface area contributed by atoms with Gasteiger partial charge in [-0.15, -0.1) is 0 Å². The van der Waals surface area contributed by atoms with Crippen molar-refractivity contribution in [3.8, 4) is 0 Å². The summed E-state index contributed by atoms with van der Waals surface area (Å²) in [6, 6.07) is 6.45. The van der Waals surface area contributed by atoms with Crippen LogP contribution < -0.4 is 0 Å². The molecule has 17 heavy (non-hydrogen) atoms. The van der Waals surface area contributed by atoms with Crippen LogP contribution in [0.3, 0.4) is 0 Å². The number of rotatable bonds is 3. The van der Waals surface area contributed by atoms with Crippen LogP contribution in [0.25, 0.3) is 0 Å². The van der Waals surface area contributed by atoms with Crippen LogP contribution >= 0.6 is 0 Å². The van der Waals surface area contributed by atoms with Crippen LogP contribution in [0.15, 0.2) is 18.2 Å². The second-order valence-corrected chi connectivity index (χ2v) is 4.99. The van der Waals surface area contributed by atoms with Crippen molar-refractivity contribution in [2.45, 2.75) is 26.8 Å². The third kappa shape index (κ3) is 2.86. The monoisotopic (exact) mass is 233 g/mol. The average Bonchev–Trinajstić information content (AvgIpc) is 2.71. The van der Waals surface area contributed by atoms with Crippen LogP contribution in [0, 0.1) is 19.8 Å². The highest BCUT2D eigenvalue weighted by molar-refractivity contribution is 5.70. The van der Waals surface area contributed by atoms with E-state index in [0.29, 0.717) is 6.54 Å². The zero-order valence-corrected chi connectivity index (χ0v) is 10.4.